The third kappa shape index (κ3) is 5.21. The lowest BCUT2D eigenvalue weighted by Crippen LogP contribution is -2.30. The number of hydrogen-bond acceptors (Lipinski definition) is 1. The smallest absolute Gasteiger partial charge is 0.195 e. The van der Waals surface area contributed by atoms with Crippen molar-refractivity contribution in [2.75, 3.05) is 0 Å². The van der Waals surface area contributed by atoms with Crippen molar-refractivity contribution in [3.05, 3.63) is 17.1 Å². The van der Waals surface area contributed by atoms with Gasteiger partial charge in [0, 0.05) is 14.5 Å². The summed E-state index contributed by atoms with van der Waals surface area (Å²) in [5.74, 6) is 0. The van der Waals surface area contributed by atoms with Gasteiger partial charge in [0.25, 0.3) is 0 Å². The predicted octanol–water partition coefficient (Wildman–Crippen LogP) is 3.15. The Bertz CT molecular complexity index is 226. The van der Waals surface area contributed by atoms with Crippen molar-refractivity contribution in [2.45, 2.75) is 45.1 Å². The molecule has 0 aliphatic carbocycles. The molecular weight excluding hydrogens is 194 g/mol. The molecule has 0 saturated heterocycles. The standard InChI is InChI=1S/C10H20NSSi/c1-13(2,3)9-5-4-6-11-7-8-12-10-11/h7-8,10H,4-6,9H2,1-3H3/q+1. The maximum atomic E-state index is 2.45. The van der Waals surface area contributed by atoms with Gasteiger partial charge in [0.2, 0.25) is 5.51 Å². The molecule has 0 aliphatic rings. The van der Waals surface area contributed by atoms with E-state index in [1.807, 2.05) is 0 Å². The van der Waals surface area contributed by atoms with Crippen molar-refractivity contribution in [1.29, 1.82) is 0 Å². The maximum absolute atomic E-state index is 2.45. The van der Waals surface area contributed by atoms with Crippen LogP contribution in [0.4, 0.5) is 0 Å². The summed E-state index contributed by atoms with van der Waals surface area (Å²) in [6.07, 6.45) is 4.91. The fraction of sp³-hybridized carbons (Fsp3) is 0.700. The van der Waals surface area contributed by atoms with E-state index >= 15 is 0 Å². The molecule has 1 nitrogen and oxygen atoms in total. The van der Waals surface area contributed by atoms with E-state index in [9.17, 15) is 0 Å². The van der Waals surface area contributed by atoms with Gasteiger partial charge in [0.05, 0.1) is 5.38 Å². The predicted molar refractivity (Wildman–Crippen MR) is 61.9 cm³/mol. The average Bonchev–Trinajstić information content (AvgIpc) is 2.48. The molecule has 0 fully saturated rings. The van der Waals surface area contributed by atoms with Gasteiger partial charge in [-0.25, -0.2) is 0 Å². The molecule has 1 rings (SSSR count). The molecule has 0 aromatic carbocycles. The summed E-state index contributed by atoms with van der Waals surface area (Å²) in [5.41, 5.74) is 2.19. The number of unbranched alkanes of at least 4 members (excludes halogenated alkanes) is 1. The summed E-state index contributed by atoms with van der Waals surface area (Å²) in [7, 11) is -0.786. The highest BCUT2D eigenvalue weighted by molar-refractivity contribution is 7.07. The molecular formula is C10H20NSSi+. The van der Waals surface area contributed by atoms with Crippen LogP contribution in [0.2, 0.25) is 25.7 Å². The van der Waals surface area contributed by atoms with Crippen LogP contribution in [0.3, 0.4) is 0 Å². The molecule has 0 spiro atoms. The van der Waals surface area contributed by atoms with Crippen molar-refractivity contribution in [2.24, 2.45) is 0 Å². The molecule has 3 heteroatoms. The van der Waals surface area contributed by atoms with Crippen molar-refractivity contribution < 1.29 is 4.57 Å². The second kappa shape index (κ2) is 4.91. The second-order valence-corrected chi connectivity index (χ2v) is 11.2. The molecule has 1 heterocycles. The van der Waals surface area contributed by atoms with Gasteiger partial charge < -0.3 is 0 Å². The Morgan fingerprint density at radius 2 is 2.00 bits per heavy atom. The summed E-state index contributed by atoms with van der Waals surface area (Å²) in [6, 6.07) is 1.47. The van der Waals surface area contributed by atoms with Gasteiger partial charge in [-0.15, -0.1) is 0 Å². The second-order valence-electron chi connectivity index (χ2n) is 4.78. The summed E-state index contributed by atoms with van der Waals surface area (Å²) in [5, 5.41) is 2.14. The molecule has 1 aromatic rings. The largest absolute Gasteiger partial charge is 0.224 e. The van der Waals surface area contributed by atoms with Crippen LogP contribution in [0.25, 0.3) is 0 Å². The van der Waals surface area contributed by atoms with E-state index in [0.29, 0.717) is 0 Å². The lowest BCUT2D eigenvalue weighted by Gasteiger charge is -2.13. The molecule has 0 atom stereocenters. The van der Waals surface area contributed by atoms with E-state index in [1.165, 1.54) is 25.4 Å². The van der Waals surface area contributed by atoms with Gasteiger partial charge in [-0.05, 0) is 6.42 Å². The summed E-state index contributed by atoms with van der Waals surface area (Å²) in [6.45, 7) is 8.55. The summed E-state index contributed by atoms with van der Waals surface area (Å²) < 4.78 is 2.29. The van der Waals surface area contributed by atoms with Crippen LogP contribution in [-0.4, -0.2) is 8.07 Å². The van der Waals surface area contributed by atoms with Crippen LogP contribution in [0.15, 0.2) is 17.1 Å². The van der Waals surface area contributed by atoms with Gasteiger partial charge >= 0.3 is 0 Å². The minimum absolute atomic E-state index is 0.786. The molecule has 0 N–H and O–H groups in total. The monoisotopic (exact) mass is 214 g/mol. The zero-order valence-electron chi connectivity index (χ0n) is 8.92. The fourth-order valence-corrected chi connectivity index (χ4v) is 3.28. The normalized spacial score (nSPS) is 11.9. The van der Waals surface area contributed by atoms with E-state index in [1.54, 1.807) is 11.3 Å². The molecule has 1 aromatic heterocycles. The molecule has 0 radical (unpaired) electrons. The van der Waals surface area contributed by atoms with Crippen molar-refractivity contribution in [3.8, 4) is 0 Å². The van der Waals surface area contributed by atoms with E-state index in [-0.39, 0.29) is 0 Å². The van der Waals surface area contributed by atoms with Crippen molar-refractivity contribution >= 4 is 19.4 Å². The highest BCUT2D eigenvalue weighted by atomic mass is 32.1. The highest BCUT2D eigenvalue weighted by Crippen LogP contribution is 2.12. The van der Waals surface area contributed by atoms with Crippen LogP contribution < -0.4 is 4.57 Å². The maximum Gasteiger partial charge on any atom is 0.224 e. The Kier molecular flexibility index (Phi) is 4.13. The number of rotatable bonds is 5. The molecule has 74 valence electrons. The third-order valence-electron chi connectivity index (χ3n) is 2.12. The van der Waals surface area contributed by atoms with Crippen LogP contribution in [0, 0.1) is 0 Å². The topological polar surface area (TPSA) is 3.88 Å². The minimum Gasteiger partial charge on any atom is -0.195 e. The Labute approximate surface area is 86.4 Å². The Morgan fingerprint density at radius 3 is 2.54 bits per heavy atom. The van der Waals surface area contributed by atoms with Gasteiger partial charge in [-0.1, -0.05) is 37.0 Å². The van der Waals surface area contributed by atoms with Crippen molar-refractivity contribution in [1.82, 2.24) is 0 Å². The first-order valence-electron chi connectivity index (χ1n) is 4.99. The molecule has 0 bridgehead atoms. The highest BCUT2D eigenvalue weighted by Gasteiger charge is 2.12. The minimum atomic E-state index is -0.786. The van der Waals surface area contributed by atoms with Gasteiger partial charge in [-0.3, -0.25) is 0 Å². The lowest BCUT2D eigenvalue weighted by atomic mass is 10.3. The van der Waals surface area contributed by atoms with E-state index < -0.39 is 8.07 Å². The molecule has 0 aliphatic heterocycles. The zero-order chi connectivity index (χ0) is 9.73. The Balaban J connectivity index is 2.09. The molecule has 13 heavy (non-hydrogen) atoms. The first-order chi connectivity index (χ1) is 6.08. The van der Waals surface area contributed by atoms with E-state index in [0.717, 1.165) is 0 Å². The number of aromatic nitrogens is 1. The van der Waals surface area contributed by atoms with Crippen LogP contribution >= 0.6 is 11.3 Å². The van der Waals surface area contributed by atoms with Gasteiger partial charge in [0.15, 0.2) is 6.20 Å². The fourth-order valence-electron chi connectivity index (χ4n) is 1.34. The first kappa shape index (κ1) is 10.9. The molecule has 0 amide bonds. The first-order valence-corrected chi connectivity index (χ1v) is 9.64. The van der Waals surface area contributed by atoms with Crippen molar-refractivity contribution in [3.63, 3.8) is 0 Å². The van der Waals surface area contributed by atoms with Crippen LogP contribution in [0.1, 0.15) is 12.8 Å². The zero-order valence-corrected chi connectivity index (χ0v) is 10.7. The quantitative estimate of drug-likeness (QED) is 0.403. The van der Waals surface area contributed by atoms with Gasteiger partial charge in [-0.2, -0.15) is 4.57 Å². The van der Waals surface area contributed by atoms with E-state index in [2.05, 4.69) is 41.3 Å². The summed E-state index contributed by atoms with van der Waals surface area (Å²) >= 11 is 1.77. The SMILES string of the molecule is C[Si](C)(C)CCCC[n+]1ccsc1. The number of aryl methyl sites for hydroxylation is 1. The number of thiazole rings is 1. The lowest BCUT2D eigenvalue weighted by molar-refractivity contribution is -0.692. The molecule has 0 unspecified atom stereocenters. The number of hydrogen-bond donors (Lipinski definition) is 0. The number of nitrogens with zero attached hydrogens (tertiary/aromatic N) is 1. The Hall–Kier alpha value is -0.153. The van der Waals surface area contributed by atoms with E-state index in [4.69, 9.17) is 0 Å². The van der Waals surface area contributed by atoms with Crippen LogP contribution in [0.5, 0.6) is 0 Å². The average molecular weight is 214 g/mol. The van der Waals surface area contributed by atoms with Crippen LogP contribution in [-0.2, 0) is 6.54 Å². The third-order valence-corrected chi connectivity index (χ3v) is 4.65. The summed E-state index contributed by atoms with van der Waals surface area (Å²) in [4.78, 5) is 0. The van der Waals surface area contributed by atoms with Gasteiger partial charge in [0.1, 0.15) is 6.54 Å². The molecule has 0 saturated carbocycles. The Morgan fingerprint density at radius 1 is 1.23 bits per heavy atom.